The van der Waals surface area contributed by atoms with Crippen LogP contribution in [0.25, 0.3) is 0 Å². The highest BCUT2D eigenvalue weighted by molar-refractivity contribution is 8.06. The van der Waals surface area contributed by atoms with Gasteiger partial charge < -0.3 is 10.6 Å². The van der Waals surface area contributed by atoms with E-state index in [1.54, 1.807) is 0 Å². The highest BCUT2D eigenvalue weighted by Gasteiger charge is 2.35. The Kier molecular flexibility index (Phi) is 4.44. The molecule has 0 aromatic carbocycles. The molecule has 2 aliphatic heterocycles. The number of rotatable bonds is 3. The molecule has 0 aliphatic carbocycles. The quantitative estimate of drug-likeness (QED) is 0.797. The molecule has 1 amide bonds. The van der Waals surface area contributed by atoms with Crippen LogP contribution >= 0.6 is 23.5 Å². The second kappa shape index (κ2) is 5.65. The molecule has 16 heavy (non-hydrogen) atoms. The third-order valence-corrected chi connectivity index (χ3v) is 6.09. The number of carbonyl (C=O) groups excluding carboxylic acids is 1. The molecule has 3 nitrogen and oxygen atoms in total. The van der Waals surface area contributed by atoms with Gasteiger partial charge in [-0.1, -0.05) is 0 Å². The number of nitrogens with one attached hydrogen (secondary N) is 2. The summed E-state index contributed by atoms with van der Waals surface area (Å²) in [6.07, 6.45) is 2.07. The minimum Gasteiger partial charge on any atom is -0.353 e. The smallest absolute Gasteiger partial charge is 0.240 e. The third-order valence-electron chi connectivity index (χ3n) is 3.25. The number of amides is 1. The number of hydrogen-bond acceptors (Lipinski definition) is 4. The largest absolute Gasteiger partial charge is 0.353 e. The van der Waals surface area contributed by atoms with E-state index in [0.29, 0.717) is 5.25 Å². The van der Waals surface area contributed by atoms with Crippen LogP contribution in [0, 0.1) is 0 Å². The van der Waals surface area contributed by atoms with Crippen molar-refractivity contribution in [2.75, 3.05) is 30.3 Å². The molecule has 2 fully saturated rings. The second-order valence-corrected chi connectivity index (χ2v) is 7.20. The van der Waals surface area contributed by atoms with E-state index in [0.717, 1.165) is 25.9 Å². The lowest BCUT2D eigenvalue weighted by Gasteiger charge is -2.26. The molecule has 2 heterocycles. The molecule has 92 valence electrons. The highest BCUT2D eigenvalue weighted by atomic mass is 32.2. The van der Waals surface area contributed by atoms with Gasteiger partial charge in [-0.15, -0.1) is 0 Å². The molecule has 0 aromatic rings. The minimum absolute atomic E-state index is 0.182. The number of thioether (sulfide) groups is 2. The van der Waals surface area contributed by atoms with Crippen LogP contribution in [0.4, 0.5) is 0 Å². The molecule has 2 saturated heterocycles. The van der Waals surface area contributed by atoms with Crippen LogP contribution < -0.4 is 10.6 Å². The minimum atomic E-state index is -0.313. The lowest BCUT2D eigenvalue weighted by molar-refractivity contribution is -0.126. The summed E-state index contributed by atoms with van der Waals surface area (Å²) in [5.41, 5.74) is -0.313. The van der Waals surface area contributed by atoms with Gasteiger partial charge in [-0.2, -0.15) is 23.5 Å². The predicted octanol–water partition coefficient (Wildman–Crippen LogP) is 1.09. The summed E-state index contributed by atoms with van der Waals surface area (Å²) >= 11 is 3.99. The van der Waals surface area contributed by atoms with Crippen molar-refractivity contribution in [2.45, 2.75) is 30.6 Å². The maximum absolute atomic E-state index is 12.0. The summed E-state index contributed by atoms with van der Waals surface area (Å²) in [4.78, 5) is 12.0. The average Bonchev–Trinajstić information content (AvgIpc) is 2.76. The van der Waals surface area contributed by atoms with Gasteiger partial charge in [0.2, 0.25) is 5.91 Å². The lowest BCUT2D eigenvalue weighted by atomic mass is 9.99. The Bertz CT molecular complexity index is 248. The molecule has 2 rings (SSSR count). The standard InChI is InChI=1S/C11H20N2OS2/c1-11(3-2-4-13-11)10(14)12-7-9-8-15-5-6-16-9/h9,13H,2-8H2,1H3,(H,12,14). The molecular weight excluding hydrogens is 240 g/mol. The first kappa shape index (κ1) is 12.6. The fourth-order valence-corrected chi connectivity index (χ4v) is 4.76. The summed E-state index contributed by atoms with van der Waals surface area (Å²) in [5, 5.41) is 7.00. The zero-order chi connectivity index (χ0) is 11.4. The predicted molar refractivity (Wildman–Crippen MR) is 72.2 cm³/mol. The molecule has 0 saturated carbocycles. The Hall–Kier alpha value is 0.130. The molecule has 2 aliphatic rings. The van der Waals surface area contributed by atoms with Gasteiger partial charge >= 0.3 is 0 Å². The van der Waals surface area contributed by atoms with Crippen molar-refractivity contribution in [1.82, 2.24) is 10.6 Å². The normalized spacial score (nSPS) is 34.9. The summed E-state index contributed by atoms with van der Waals surface area (Å²) in [6.45, 7) is 3.81. The van der Waals surface area contributed by atoms with Crippen LogP contribution in [-0.4, -0.2) is 47.0 Å². The molecule has 2 unspecified atom stereocenters. The molecule has 0 spiro atoms. The summed E-state index contributed by atoms with van der Waals surface area (Å²) < 4.78 is 0. The zero-order valence-electron chi connectivity index (χ0n) is 9.75. The van der Waals surface area contributed by atoms with Crippen molar-refractivity contribution >= 4 is 29.4 Å². The lowest BCUT2D eigenvalue weighted by Crippen LogP contribution is -2.52. The van der Waals surface area contributed by atoms with Gasteiger partial charge in [0.15, 0.2) is 0 Å². The van der Waals surface area contributed by atoms with Gasteiger partial charge in [-0.25, -0.2) is 0 Å². The second-order valence-electron chi connectivity index (χ2n) is 4.64. The Balaban J connectivity index is 1.74. The number of carbonyl (C=O) groups is 1. The summed E-state index contributed by atoms with van der Waals surface area (Å²) in [6, 6.07) is 0. The summed E-state index contributed by atoms with van der Waals surface area (Å²) in [7, 11) is 0. The Labute approximate surface area is 106 Å². The van der Waals surface area contributed by atoms with Crippen LogP contribution in [0.1, 0.15) is 19.8 Å². The van der Waals surface area contributed by atoms with Crippen molar-refractivity contribution in [3.63, 3.8) is 0 Å². The van der Waals surface area contributed by atoms with Gasteiger partial charge in [0.05, 0.1) is 5.54 Å². The Morgan fingerprint density at radius 3 is 3.06 bits per heavy atom. The van der Waals surface area contributed by atoms with Gasteiger partial charge in [0.1, 0.15) is 0 Å². The monoisotopic (exact) mass is 260 g/mol. The average molecular weight is 260 g/mol. The maximum Gasteiger partial charge on any atom is 0.240 e. The molecule has 2 N–H and O–H groups in total. The highest BCUT2D eigenvalue weighted by Crippen LogP contribution is 2.24. The van der Waals surface area contributed by atoms with Crippen LogP contribution in [0.15, 0.2) is 0 Å². The molecule has 2 atom stereocenters. The van der Waals surface area contributed by atoms with Crippen LogP contribution in [0.2, 0.25) is 0 Å². The van der Waals surface area contributed by atoms with E-state index in [1.807, 2.05) is 30.4 Å². The molecule has 0 radical (unpaired) electrons. The van der Waals surface area contributed by atoms with E-state index in [2.05, 4.69) is 10.6 Å². The first-order valence-electron chi connectivity index (χ1n) is 5.93. The van der Waals surface area contributed by atoms with Gasteiger partial charge in [-0.3, -0.25) is 4.79 Å². The first-order valence-corrected chi connectivity index (χ1v) is 8.14. The molecule has 0 bridgehead atoms. The Morgan fingerprint density at radius 2 is 2.44 bits per heavy atom. The SMILES string of the molecule is CC1(C(=O)NCC2CSCCS2)CCCN1. The molecule has 0 aromatic heterocycles. The first-order chi connectivity index (χ1) is 7.71. The fourth-order valence-electron chi connectivity index (χ4n) is 2.14. The van der Waals surface area contributed by atoms with Gasteiger partial charge in [0.25, 0.3) is 0 Å². The van der Waals surface area contributed by atoms with E-state index >= 15 is 0 Å². The van der Waals surface area contributed by atoms with Gasteiger partial charge in [0, 0.05) is 29.1 Å². The van der Waals surface area contributed by atoms with E-state index in [-0.39, 0.29) is 11.4 Å². The van der Waals surface area contributed by atoms with Crippen LogP contribution in [0.5, 0.6) is 0 Å². The Morgan fingerprint density at radius 1 is 1.56 bits per heavy atom. The van der Waals surface area contributed by atoms with E-state index in [9.17, 15) is 4.79 Å². The van der Waals surface area contributed by atoms with E-state index in [4.69, 9.17) is 0 Å². The summed E-state index contributed by atoms with van der Waals surface area (Å²) in [5.74, 6) is 3.84. The van der Waals surface area contributed by atoms with Crippen molar-refractivity contribution in [1.29, 1.82) is 0 Å². The van der Waals surface area contributed by atoms with Crippen molar-refractivity contribution in [2.24, 2.45) is 0 Å². The van der Waals surface area contributed by atoms with Crippen molar-refractivity contribution in [3.05, 3.63) is 0 Å². The fraction of sp³-hybridized carbons (Fsp3) is 0.909. The topological polar surface area (TPSA) is 41.1 Å². The number of hydrogen-bond donors (Lipinski definition) is 2. The zero-order valence-corrected chi connectivity index (χ0v) is 11.4. The molecule has 5 heteroatoms. The van der Waals surface area contributed by atoms with Crippen molar-refractivity contribution in [3.8, 4) is 0 Å². The maximum atomic E-state index is 12.0. The van der Waals surface area contributed by atoms with E-state index < -0.39 is 0 Å². The molecular formula is C11H20N2OS2. The van der Waals surface area contributed by atoms with Crippen LogP contribution in [-0.2, 0) is 4.79 Å². The van der Waals surface area contributed by atoms with Gasteiger partial charge in [-0.05, 0) is 26.3 Å². The third kappa shape index (κ3) is 3.08. The van der Waals surface area contributed by atoms with Crippen molar-refractivity contribution < 1.29 is 4.79 Å². The van der Waals surface area contributed by atoms with E-state index in [1.165, 1.54) is 17.3 Å². The van der Waals surface area contributed by atoms with Crippen LogP contribution in [0.3, 0.4) is 0 Å².